The van der Waals surface area contributed by atoms with Crippen LogP contribution in [0.15, 0.2) is 36.8 Å². The molecule has 1 rings (SSSR count). The van der Waals surface area contributed by atoms with Crippen LogP contribution < -0.4 is 4.74 Å². The third-order valence-corrected chi connectivity index (χ3v) is 2.06. The normalized spacial score (nSPS) is 9.71. The Balaban J connectivity index is 3.08. The molecule has 14 heavy (non-hydrogen) atoms. The highest BCUT2D eigenvalue weighted by molar-refractivity contribution is 5.39. The Labute approximate surface area is 85.7 Å². The Kier molecular flexibility index (Phi) is 3.55. The van der Waals surface area contributed by atoms with Crippen LogP contribution in [0.1, 0.15) is 30.9 Å². The van der Waals surface area contributed by atoms with E-state index in [9.17, 15) is 0 Å². The first kappa shape index (κ1) is 10.6. The van der Waals surface area contributed by atoms with E-state index >= 15 is 0 Å². The number of ether oxygens (including phenoxy) is 1. The lowest BCUT2D eigenvalue weighted by molar-refractivity contribution is 0.472. The van der Waals surface area contributed by atoms with Crippen molar-refractivity contribution in [2.45, 2.75) is 26.7 Å². The summed E-state index contributed by atoms with van der Waals surface area (Å²) < 4.78 is 5.43. The third-order valence-electron chi connectivity index (χ3n) is 2.06. The van der Waals surface area contributed by atoms with Gasteiger partial charge < -0.3 is 4.74 Å². The van der Waals surface area contributed by atoms with Gasteiger partial charge in [0.15, 0.2) is 0 Å². The van der Waals surface area contributed by atoms with Crippen LogP contribution in [0.3, 0.4) is 0 Å². The molecule has 1 aromatic carbocycles. The van der Waals surface area contributed by atoms with Crippen molar-refractivity contribution >= 4 is 0 Å². The summed E-state index contributed by atoms with van der Waals surface area (Å²) in [6.45, 7) is 9.81. The van der Waals surface area contributed by atoms with Crippen molar-refractivity contribution in [3.8, 4) is 5.75 Å². The molecule has 0 unspecified atom stereocenters. The molecule has 0 spiro atoms. The van der Waals surface area contributed by atoms with E-state index in [0.29, 0.717) is 5.92 Å². The average Bonchev–Trinajstić information content (AvgIpc) is 2.14. The molecule has 0 saturated carbocycles. The largest absolute Gasteiger partial charge is 0.456 e. The summed E-state index contributed by atoms with van der Waals surface area (Å²) in [6.07, 6.45) is 1.49. The van der Waals surface area contributed by atoms with E-state index in [0.717, 1.165) is 5.75 Å². The first-order valence-corrected chi connectivity index (χ1v) is 4.76. The van der Waals surface area contributed by atoms with Gasteiger partial charge >= 0.3 is 0 Å². The quantitative estimate of drug-likeness (QED) is 0.518. The van der Waals surface area contributed by atoms with E-state index in [4.69, 9.17) is 4.74 Å². The molecule has 0 radical (unpaired) electrons. The van der Waals surface area contributed by atoms with E-state index in [1.165, 1.54) is 17.4 Å². The topological polar surface area (TPSA) is 9.23 Å². The highest BCUT2D eigenvalue weighted by Crippen LogP contribution is 2.27. The molecule has 0 aliphatic carbocycles. The van der Waals surface area contributed by atoms with Crippen molar-refractivity contribution in [3.63, 3.8) is 0 Å². The minimum absolute atomic E-state index is 0.462. The van der Waals surface area contributed by atoms with Crippen molar-refractivity contribution in [1.82, 2.24) is 0 Å². The van der Waals surface area contributed by atoms with Crippen LogP contribution in [0.5, 0.6) is 5.75 Å². The molecule has 1 heteroatoms. The first-order valence-electron chi connectivity index (χ1n) is 4.76. The number of rotatable bonds is 3. The molecule has 0 bridgehead atoms. The molecule has 0 atom stereocenters. The van der Waals surface area contributed by atoms with Gasteiger partial charge in [-0.05, 0) is 30.0 Å². The van der Waals surface area contributed by atoms with Gasteiger partial charge in [-0.3, -0.25) is 0 Å². The van der Waals surface area contributed by atoms with Crippen LogP contribution in [-0.4, -0.2) is 0 Å². The van der Waals surface area contributed by atoms with Gasteiger partial charge in [-0.25, -0.2) is 0 Å². The molecular formula is C13H16O. The van der Waals surface area contributed by atoms with Gasteiger partial charge in [-0.15, -0.1) is 0 Å². The maximum absolute atomic E-state index is 5.43. The van der Waals surface area contributed by atoms with Gasteiger partial charge in [0.1, 0.15) is 12.0 Å². The smallest absolute Gasteiger partial charge is 0.133 e. The monoisotopic (exact) mass is 188 g/mol. The van der Waals surface area contributed by atoms with Crippen molar-refractivity contribution in [1.29, 1.82) is 0 Å². The Morgan fingerprint density at radius 1 is 1.43 bits per heavy atom. The number of aryl methyl sites for hydroxylation is 1. The van der Waals surface area contributed by atoms with Gasteiger partial charge in [-0.2, -0.15) is 0 Å². The fourth-order valence-corrected chi connectivity index (χ4v) is 1.33. The van der Waals surface area contributed by atoms with E-state index in [1.807, 2.05) is 6.07 Å². The zero-order valence-corrected chi connectivity index (χ0v) is 9.00. The first-order chi connectivity index (χ1) is 6.65. The highest BCUT2D eigenvalue weighted by atomic mass is 16.5. The van der Waals surface area contributed by atoms with Crippen LogP contribution in [0.2, 0.25) is 0 Å². The van der Waals surface area contributed by atoms with Crippen LogP contribution in [0.25, 0.3) is 0 Å². The lowest BCUT2D eigenvalue weighted by atomic mass is 10.0. The molecule has 0 fully saturated rings. The maximum Gasteiger partial charge on any atom is 0.133 e. The molecular weight excluding hydrogens is 172 g/mol. The van der Waals surface area contributed by atoms with E-state index in [-0.39, 0.29) is 0 Å². The van der Waals surface area contributed by atoms with Crippen molar-refractivity contribution < 1.29 is 4.74 Å². The van der Waals surface area contributed by atoms with Crippen LogP contribution in [0.4, 0.5) is 0 Å². The van der Waals surface area contributed by atoms with Gasteiger partial charge in [0.05, 0.1) is 0 Å². The predicted molar refractivity (Wildman–Crippen MR) is 59.6 cm³/mol. The number of hydrogen-bond acceptors (Lipinski definition) is 1. The second-order valence-electron chi connectivity index (χ2n) is 3.64. The SMILES string of the molecule is C=C=COc1cc(C)ccc1C(C)C. The van der Waals surface area contributed by atoms with Crippen molar-refractivity contribution in [3.05, 3.63) is 47.9 Å². The van der Waals surface area contributed by atoms with E-state index in [2.05, 4.69) is 45.2 Å². The fraction of sp³-hybridized carbons (Fsp3) is 0.308. The number of benzene rings is 1. The van der Waals surface area contributed by atoms with Crippen molar-refractivity contribution in [2.75, 3.05) is 0 Å². The zero-order valence-electron chi connectivity index (χ0n) is 9.00. The molecule has 0 aliphatic heterocycles. The standard InChI is InChI=1S/C13H16O/c1-5-8-14-13-9-11(4)6-7-12(13)10(2)3/h6-10H,1H2,2-4H3. The molecule has 0 saturated heterocycles. The minimum atomic E-state index is 0.462. The summed E-state index contributed by atoms with van der Waals surface area (Å²) in [5.41, 5.74) is 5.01. The Morgan fingerprint density at radius 2 is 2.14 bits per heavy atom. The molecule has 0 amide bonds. The molecule has 1 nitrogen and oxygen atoms in total. The lowest BCUT2D eigenvalue weighted by Crippen LogP contribution is -1.93. The van der Waals surface area contributed by atoms with E-state index < -0.39 is 0 Å². The minimum Gasteiger partial charge on any atom is -0.456 e. The third kappa shape index (κ3) is 2.51. The second-order valence-corrected chi connectivity index (χ2v) is 3.64. The predicted octanol–water partition coefficient (Wildman–Crippen LogP) is 3.80. The van der Waals surface area contributed by atoms with Gasteiger partial charge in [0.25, 0.3) is 0 Å². The van der Waals surface area contributed by atoms with Crippen LogP contribution in [-0.2, 0) is 0 Å². The summed E-state index contributed by atoms with van der Waals surface area (Å²) in [5.74, 6) is 1.36. The molecule has 0 N–H and O–H groups in total. The summed E-state index contributed by atoms with van der Waals surface area (Å²) in [5, 5.41) is 0. The van der Waals surface area contributed by atoms with Crippen LogP contribution >= 0.6 is 0 Å². The zero-order chi connectivity index (χ0) is 10.6. The average molecular weight is 188 g/mol. The summed E-state index contributed by atoms with van der Waals surface area (Å²) in [6, 6.07) is 6.23. The summed E-state index contributed by atoms with van der Waals surface area (Å²) >= 11 is 0. The Hall–Kier alpha value is -1.46. The fourth-order valence-electron chi connectivity index (χ4n) is 1.33. The molecule has 0 aliphatic rings. The maximum atomic E-state index is 5.43. The van der Waals surface area contributed by atoms with Crippen LogP contribution in [0, 0.1) is 6.92 Å². The summed E-state index contributed by atoms with van der Waals surface area (Å²) in [7, 11) is 0. The summed E-state index contributed by atoms with van der Waals surface area (Å²) in [4.78, 5) is 0. The van der Waals surface area contributed by atoms with E-state index in [1.54, 1.807) is 0 Å². The Bertz CT molecular complexity index is 357. The van der Waals surface area contributed by atoms with Gasteiger partial charge in [0, 0.05) is 0 Å². The molecule has 1 aromatic rings. The van der Waals surface area contributed by atoms with Gasteiger partial charge in [0.2, 0.25) is 0 Å². The second kappa shape index (κ2) is 4.69. The highest BCUT2D eigenvalue weighted by Gasteiger charge is 2.06. The lowest BCUT2D eigenvalue weighted by Gasteiger charge is -2.11. The molecule has 0 aromatic heterocycles. The molecule has 74 valence electrons. The number of hydrogen-bond donors (Lipinski definition) is 0. The van der Waals surface area contributed by atoms with Crippen molar-refractivity contribution in [2.24, 2.45) is 0 Å². The Morgan fingerprint density at radius 3 is 2.71 bits per heavy atom. The van der Waals surface area contributed by atoms with Gasteiger partial charge in [-0.1, -0.05) is 38.3 Å². The molecule has 0 heterocycles.